The lowest BCUT2D eigenvalue weighted by Crippen LogP contribution is -2.10. The molecule has 0 saturated carbocycles. The van der Waals surface area contributed by atoms with Crippen LogP contribution in [0.2, 0.25) is 0 Å². The van der Waals surface area contributed by atoms with Crippen molar-refractivity contribution in [2.45, 2.75) is 19.0 Å². The van der Waals surface area contributed by atoms with E-state index < -0.39 is 12.6 Å². The molecule has 0 saturated heterocycles. The minimum absolute atomic E-state index is 0.170. The van der Waals surface area contributed by atoms with Gasteiger partial charge >= 0.3 is 6.18 Å². The fraction of sp³-hybridized carbons (Fsp3) is 0.429. The van der Waals surface area contributed by atoms with Crippen molar-refractivity contribution in [2.75, 3.05) is 0 Å². The topological polar surface area (TPSA) is 25.8 Å². The third-order valence-corrected chi connectivity index (χ3v) is 2.15. The van der Waals surface area contributed by atoms with Crippen LogP contribution in [0.3, 0.4) is 0 Å². The maximum atomic E-state index is 11.9. The fourth-order valence-corrected chi connectivity index (χ4v) is 1.95. The summed E-state index contributed by atoms with van der Waals surface area (Å²) in [6.45, 7) is 0. The predicted molar refractivity (Wildman–Crippen MR) is 51.8 cm³/mol. The summed E-state index contributed by atoms with van der Waals surface area (Å²) in [5.74, 6) is 0.170. The molecule has 78 valence electrons. The molecular weight excluding hydrogens is 329 g/mol. The summed E-state index contributed by atoms with van der Waals surface area (Å²) in [5.41, 5.74) is 0. The largest absolute Gasteiger partial charge is 0.389 e. The molecule has 0 aliphatic rings. The van der Waals surface area contributed by atoms with Gasteiger partial charge in [-0.05, 0) is 31.9 Å². The molecule has 0 spiro atoms. The first-order valence-electron chi connectivity index (χ1n) is 3.62. The van der Waals surface area contributed by atoms with Gasteiger partial charge in [0.2, 0.25) is 0 Å². The van der Waals surface area contributed by atoms with Crippen LogP contribution in [-0.4, -0.2) is 16.1 Å². The van der Waals surface area contributed by atoms with Gasteiger partial charge in [-0.15, -0.1) is 0 Å². The van der Waals surface area contributed by atoms with Crippen molar-refractivity contribution < 1.29 is 13.2 Å². The van der Waals surface area contributed by atoms with E-state index in [2.05, 4.69) is 41.8 Å². The molecule has 0 fully saturated rings. The number of hydrogen-bond acceptors (Lipinski definition) is 2. The lowest BCUT2D eigenvalue weighted by Gasteiger charge is -2.05. The van der Waals surface area contributed by atoms with E-state index in [1.165, 1.54) is 0 Å². The molecule has 0 aliphatic heterocycles. The van der Waals surface area contributed by atoms with Crippen LogP contribution in [0.25, 0.3) is 0 Å². The molecule has 0 atom stereocenters. The van der Waals surface area contributed by atoms with Gasteiger partial charge < -0.3 is 0 Å². The van der Waals surface area contributed by atoms with E-state index in [9.17, 15) is 13.2 Å². The number of nitrogens with zero attached hydrogens (tertiary/aromatic N) is 2. The minimum atomic E-state index is -4.17. The molecule has 0 N–H and O–H groups in total. The minimum Gasteiger partial charge on any atom is -0.226 e. The Kier molecular flexibility index (Phi) is 3.88. The van der Waals surface area contributed by atoms with Crippen LogP contribution in [0.5, 0.6) is 0 Å². The van der Waals surface area contributed by atoms with E-state index in [1.54, 1.807) is 6.07 Å². The van der Waals surface area contributed by atoms with E-state index in [4.69, 9.17) is 0 Å². The second-order valence-corrected chi connectivity index (χ2v) is 4.17. The third kappa shape index (κ3) is 4.36. The summed E-state index contributed by atoms with van der Waals surface area (Å²) in [6, 6.07) is 1.57. The highest BCUT2D eigenvalue weighted by molar-refractivity contribution is 9.11. The zero-order valence-electron chi connectivity index (χ0n) is 6.78. The van der Waals surface area contributed by atoms with Gasteiger partial charge in [0.25, 0.3) is 0 Å². The molecule has 0 aromatic carbocycles. The number of halogens is 5. The number of alkyl halides is 3. The van der Waals surface area contributed by atoms with Crippen molar-refractivity contribution in [1.29, 1.82) is 0 Å². The van der Waals surface area contributed by atoms with Crippen molar-refractivity contribution in [2.24, 2.45) is 0 Å². The van der Waals surface area contributed by atoms with Crippen molar-refractivity contribution in [3.05, 3.63) is 21.1 Å². The Morgan fingerprint density at radius 1 is 1.14 bits per heavy atom. The maximum absolute atomic E-state index is 11.9. The molecule has 0 bridgehead atoms. The van der Waals surface area contributed by atoms with Crippen LogP contribution in [0.15, 0.2) is 15.3 Å². The molecule has 2 nitrogen and oxygen atoms in total. The van der Waals surface area contributed by atoms with Gasteiger partial charge in [0, 0.05) is 12.5 Å². The van der Waals surface area contributed by atoms with E-state index in [0.29, 0.717) is 9.21 Å². The van der Waals surface area contributed by atoms with Crippen molar-refractivity contribution in [3.63, 3.8) is 0 Å². The Labute approximate surface area is 95.2 Å². The standard InChI is InChI=1S/C7H5Br2F3N2/c8-4-3-5(9)14-6(13-4)1-2-7(10,11)12/h3H,1-2H2. The lowest BCUT2D eigenvalue weighted by atomic mass is 10.3. The Hall–Kier alpha value is -0.170. The van der Waals surface area contributed by atoms with E-state index in [-0.39, 0.29) is 12.2 Å². The fourth-order valence-electron chi connectivity index (χ4n) is 0.800. The summed E-state index contributed by atoms with van der Waals surface area (Å²) in [7, 11) is 0. The zero-order chi connectivity index (χ0) is 10.8. The molecule has 0 amide bonds. The first-order valence-corrected chi connectivity index (χ1v) is 5.21. The maximum Gasteiger partial charge on any atom is 0.389 e. The van der Waals surface area contributed by atoms with E-state index >= 15 is 0 Å². The van der Waals surface area contributed by atoms with Crippen molar-refractivity contribution in [3.8, 4) is 0 Å². The highest BCUT2D eigenvalue weighted by Gasteiger charge is 2.27. The highest BCUT2D eigenvalue weighted by Crippen LogP contribution is 2.22. The smallest absolute Gasteiger partial charge is 0.226 e. The molecule has 1 aromatic rings. The van der Waals surface area contributed by atoms with E-state index in [0.717, 1.165) is 0 Å². The number of aryl methyl sites for hydroxylation is 1. The molecule has 0 unspecified atom stereocenters. The van der Waals surface area contributed by atoms with Gasteiger partial charge in [-0.25, -0.2) is 9.97 Å². The molecule has 1 rings (SSSR count). The summed E-state index contributed by atoms with van der Waals surface area (Å²) < 4.78 is 36.5. The Morgan fingerprint density at radius 3 is 2.07 bits per heavy atom. The quantitative estimate of drug-likeness (QED) is 0.774. The summed E-state index contributed by atoms with van der Waals surface area (Å²) in [4.78, 5) is 7.63. The number of hydrogen-bond donors (Lipinski definition) is 0. The first kappa shape index (κ1) is 11.9. The second-order valence-electron chi connectivity index (χ2n) is 2.54. The summed E-state index contributed by atoms with van der Waals surface area (Å²) in [6.07, 6.45) is -5.28. The molecular formula is C7H5Br2F3N2. The average molecular weight is 334 g/mol. The van der Waals surface area contributed by atoms with Crippen molar-refractivity contribution in [1.82, 2.24) is 9.97 Å². The summed E-state index contributed by atoms with van der Waals surface area (Å²) >= 11 is 6.14. The van der Waals surface area contributed by atoms with Crippen LogP contribution < -0.4 is 0 Å². The van der Waals surface area contributed by atoms with Crippen LogP contribution in [0, 0.1) is 0 Å². The monoisotopic (exact) mass is 332 g/mol. The van der Waals surface area contributed by atoms with Crippen LogP contribution in [0.4, 0.5) is 13.2 Å². The van der Waals surface area contributed by atoms with Crippen LogP contribution >= 0.6 is 31.9 Å². The van der Waals surface area contributed by atoms with Crippen LogP contribution in [0.1, 0.15) is 12.2 Å². The normalized spacial score (nSPS) is 11.8. The molecule has 7 heteroatoms. The molecule has 0 radical (unpaired) electrons. The Balaban J connectivity index is 2.68. The van der Waals surface area contributed by atoms with Gasteiger partial charge in [0.1, 0.15) is 15.0 Å². The molecule has 0 aliphatic carbocycles. The van der Waals surface area contributed by atoms with Gasteiger partial charge in [-0.1, -0.05) is 0 Å². The van der Waals surface area contributed by atoms with Crippen LogP contribution in [-0.2, 0) is 6.42 Å². The summed E-state index contributed by atoms with van der Waals surface area (Å²) in [5, 5.41) is 0. The zero-order valence-corrected chi connectivity index (χ0v) is 9.95. The third-order valence-electron chi connectivity index (χ3n) is 1.34. The van der Waals surface area contributed by atoms with Crippen molar-refractivity contribution >= 4 is 31.9 Å². The molecule has 1 heterocycles. The highest BCUT2D eigenvalue weighted by atomic mass is 79.9. The van der Waals surface area contributed by atoms with Gasteiger partial charge in [-0.2, -0.15) is 13.2 Å². The first-order chi connectivity index (χ1) is 6.37. The number of aromatic nitrogens is 2. The molecule has 1 aromatic heterocycles. The Bertz CT molecular complexity index is 307. The second kappa shape index (κ2) is 4.57. The lowest BCUT2D eigenvalue weighted by molar-refractivity contribution is -0.134. The van der Waals surface area contributed by atoms with Gasteiger partial charge in [-0.3, -0.25) is 0 Å². The number of rotatable bonds is 2. The predicted octanol–water partition coefficient (Wildman–Crippen LogP) is 3.50. The Morgan fingerprint density at radius 2 is 1.64 bits per heavy atom. The SMILES string of the molecule is FC(F)(F)CCc1nc(Br)cc(Br)n1. The molecule has 14 heavy (non-hydrogen) atoms. The van der Waals surface area contributed by atoms with Gasteiger partial charge in [0.05, 0.1) is 6.42 Å². The van der Waals surface area contributed by atoms with E-state index in [1.807, 2.05) is 0 Å². The van der Waals surface area contributed by atoms with Gasteiger partial charge in [0.15, 0.2) is 0 Å². The average Bonchev–Trinajstić information content (AvgIpc) is 1.97.